The molecule has 2 unspecified atom stereocenters. The molecular weight excluding hydrogens is 416 g/mol. The van der Waals surface area contributed by atoms with Gasteiger partial charge in [0.25, 0.3) is 0 Å². The lowest BCUT2D eigenvalue weighted by Crippen LogP contribution is -2.40. The zero-order valence-corrected chi connectivity index (χ0v) is 15.9. The van der Waals surface area contributed by atoms with Crippen LogP contribution in [0.1, 0.15) is 35.2 Å². The molecule has 1 nitrogen and oxygen atoms in total. The maximum atomic E-state index is 13.1. The molecule has 0 amide bonds. The molecule has 1 fully saturated rings. The summed E-state index contributed by atoms with van der Waals surface area (Å²) in [5, 5.41) is 0. The van der Waals surface area contributed by atoms with Gasteiger partial charge in [0.1, 0.15) is 4.32 Å². The maximum absolute atomic E-state index is 13.1. The molecule has 3 heteroatoms. The van der Waals surface area contributed by atoms with Crippen LogP contribution in [0.15, 0.2) is 66.2 Å². The molecule has 0 aliphatic heterocycles. The summed E-state index contributed by atoms with van der Waals surface area (Å²) in [7, 11) is 0. The van der Waals surface area contributed by atoms with Gasteiger partial charge in [-0.15, -0.1) is 0 Å². The van der Waals surface area contributed by atoms with Crippen LogP contribution < -0.4 is 0 Å². The van der Waals surface area contributed by atoms with Crippen molar-refractivity contribution in [1.29, 1.82) is 0 Å². The van der Waals surface area contributed by atoms with Crippen LogP contribution in [0.2, 0.25) is 0 Å². The molecule has 0 radical (unpaired) electrons. The van der Waals surface area contributed by atoms with Crippen LogP contribution in [0.5, 0.6) is 0 Å². The van der Waals surface area contributed by atoms with Crippen LogP contribution in [0.25, 0.3) is 6.08 Å². The summed E-state index contributed by atoms with van der Waals surface area (Å²) in [6.45, 7) is 0. The van der Waals surface area contributed by atoms with Gasteiger partial charge >= 0.3 is 0 Å². The van der Waals surface area contributed by atoms with E-state index in [0.29, 0.717) is 0 Å². The highest BCUT2D eigenvalue weighted by atomic mass is 79.9. The van der Waals surface area contributed by atoms with Crippen molar-refractivity contribution in [2.45, 2.75) is 28.4 Å². The van der Waals surface area contributed by atoms with E-state index in [1.54, 1.807) is 0 Å². The van der Waals surface area contributed by atoms with Gasteiger partial charge in [-0.2, -0.15) is 0 Å². The summed E-state index contributed by atoms with van der Waals surface area (Å²) in [5.74, 6) is 0.193. The van der Waals surface area contributed by atoms with Crippen LogP contribution >= 0.6 is 31.9 Å². The summed E-state index contributed by atoms with van der Waals surface area (Å²) in [6.07, 6.45) is 4.71. The van der Waals surface area contributed by atoms with Gasteiger partial charge in [-0.1, -0.05) is 92.5 Å². The third kappa shape index (κ3) is 3.51. The second-order valence-electron chi connectivity index (χ2n) is 5.90. The summed E-state index contributed by atoms with van der Waals surface area (Å²) in [6, 6.07) is 20.2. The monoisotopic (exact) mass is 432 g/mol. The van der Waals surface area contributed by atoms with Crippen LogP contribution in [-0.2, 0) is 4.79 Å². The molecule has 0 N–H and O–H groups in total. The molecule has 2 aromatic carbocycles. The van der Waals surface area contributed by atoms with E-state index in [9.17, 15) is 4.79 Å². The van der Waals surface area contributed by atoms with Gasteiger partial charge in [0.15, 0.2) is 5.78 Å². The summed E-state index contributed by atoms with van der Waals surface area (Å²) in [4.78, 5) is 13.1. The van der Waals surface area contributed by atoms with Gasteiger partial charge in [-0.05, 0) is 42.0 Å². The predicted molar refractivity (Wildman–Crippen MR) is 103 cm³/mol. The summed E-state index contributed by atoms with van der Waals surface area (Å²) < 4.78 is -0.576. The number of rotatable bonds is 3. The highest BCUT2D eigenvalue weighted by molar-refractivity contribution is 9.12. The second-order valence-corrected chi connectivity index (χ2v) is 8.23. The van der Waals surface area contributed by atoms with Gasteiger partial charge in [0, 0.05) is 0 Å². The van der Waals surface area contributed by atoms with Crippen molar-refractivity contribution in [2.75, 3.05) is 0 Å². The van der Waals surface area contributed by atoms with E-state index < -0.39 is 4.32 Å². The molecule has 0 spiro atoms. The van der Waals surface area contributed by atoms with E-state index in [1.165, 1.54) is 0 Å². The fraction of sp³-hybridized carbons (Fsp3) is 0.250. The minimum Gasteiger partial charge on any atom is -0.293 e. The standard InChI is InChI=1S/C20H18Br2O/c21-18(16-10-5-2-6-11-16)20(22)13-7-12-17(19(20)23)14-15-8-3-1-4-9-15/h1-6,8-11,14,18H,7,12-13H2/b17-14+. The van der Waals surface area contributed by atoms with Gasteiger partial charge < -0.3 is 0 Å². The average molecular weight is 434 g/mol. The molecule has 2 aromatic rings. The predicted octanol–water partition coefficient (Wildman–Crippen LogP) is 6.09. The molecule has 0 aromatic heterocycles. The van der Waals surface area contributed by atoms with E-state index in [-0.39, 0.29) is 10.6 Å². The Bertz CT molecular complexity index is 709. The molecule has 0 bridgehead atoms. The number of Topliss-reactive ketones (excluding diaryl/α,β-unsaturated/α-hetero) is 1. The largest absolute Gasteiger partial charge is 0.293 e. The molecular formula is C20H18Br2O. The van der Waals surface area contributed by atoms with E-state index in [0.717, 1.165) is 36.0 Å². The number of benzene rings is 2. The number of alkyl halides is 2. The number of hydrogen-bond acceptors (Lipinski definition) is 1. The van der Waals surface area contributed by atoms with Crippen molar-refractivity contribution in [2.24, 2.45) is 0 Å². The number of hydrogen-bond donors (Lipinski definition) is 0. The molecule has 3 rings (SSSR count). The first-order chi connectivity index (χ1) is 11.1. The molecule has 1 aliphatic carbocycles. The Kier molecular flexibility index (Phi) is 5.17. The fourth-order valence-electron chi connectivity index (χ4n) is 3.05. The number of halogens is 2. The van der Waals surface area contributed by atoms with Crippen LogP contribution in [-0.4, -0.2) is 10.1 Å². The Morgan fingerprint density at radius 3 is 2.26 bits per heavy atom. The SMILES string of the molecule is O=C1/C(=C/c2ccccc2)CCCC1(Br)C(Br)c1ccccc1. The van der Waals surface area contributed by atoms with Crippen LogP contribution in [0.3, 0.4) is 0 Å². The molecule has 2 atom stereocenters. The van der Waals surface area contributed by atoms with Crippen molar-refractivity contribution in [3.05, 3.63) is 77.4 Å². The zero-order valence-electron chi connectivity index (χ0n) is 12.7. The van der Waals surface area contributed by atoms with Crippen LogP contribution in [0, 0.1) is 0 Å². The average Bonchev–Trinajstić information content (AvgIpc) is 2.60. The Labute approximate surface area is 154 Å². The van der Waals surface area contributed by atoms with Crippen molar-refractivity contribution >= 4 is 43.7 Å². The molecule has 1 aliphatic rings. The van der Waals surface area contributed by atoms with Crippen molar-refractivity contribution < 1.29 is 4.79 Å². The zero-order chi connectivity index (χ0) is 16.3. The topological polar surface area (TPSA) is 17.1 Å². The summed E-state index contributed by atoms with van der Waals surface area (Å²) >= 11 is 7.54. The highest BCUT2D eigenvalue weighted by Crippen LogP contribution is 2.49. The van der Waals surface area contributed by atoms with Gasteiger partial charge in [-0.25, -0.2) is 0 Å². The van der Waals surface area contributed by atoms with E-state index >= 15 is 0 Å². The minimum atomic E-state index is -0.576. The highest BCUT2D eigenvalue weighted by Gasteiger charge is 2.45. The smallest absolute Gasteiger partial charge is 0.177 e. The fourth-order valence-corrected chi connectivity index (χ4v) is 4.59. The first-order valence-electron chi connectivity index (χ1n) is 7.79. The Hall–Kier alpha value is -1.19. The molecule has 0 heterocycles. The summed E-state index contributed by atoms with van der Waals surface area (Å²) in [5.41, 5.74) is 3.11. The number of carbonyl (C=O) groups is 1. The molecule has 23 heavy (non-hydrogen) atoms. The quantitative estimate of drug-likeness (QED) is 0.422. The van der Waals surface area contributed by atoms with E-state index in [2.05, 4.69) is 44.0 Å². The van der Waals surface area contributed by atoms with Crippen molar-refractivity contribution in [3.63, 3.8) is 0 Å². The third-order valence-corrected chi connectivity index (χ3v) is 7.43. The Morgan fingerprint density at radius 1 is 1.00 bits per heavy atom. The lowest BCUT2D eigenvalue weighted by Gasteiger charge is -2.36. The lowest BCUT2D eigenvalue weighted by atomic mass is 9.80. The third-order valence-electron chi connectivity index (χ3n) is 4.29. The normalized spacial score (nSPS) is 24.6. The molecule has 118 valence electrons. The maximum Gasteiger partial charge on any atom is 0.177 e. The van der Waals surface area contributed by atoms with Gasteiger partial charge in [0.05, 0.1) is 4.83 Å². The van der Waals surface area contributed by atoms with E-state index in [4.69, 9.17) is 0 Å². The molecule has 0 saturated heterocycles. The minimum absolute atomic E-state index is 0.0387. The Morgan fingerprint density at radius 2 is 1.61 bits per heavy atom. The Balaban J connectivity index is 1.91. The number of allylic oxidation sites excluding steroid dienone is 1. The number of ketones is 1. The first-order valence-corrected chi connectivity index (χ1v) is 9.50. The van der Waals surface area contributed by atoms with Crippen molar-refractivity contribution in [1.82, 2.24) is 0 Å². The second kappa shape index (κ2) is 7.14. The van der Waals surface area contributed by atoms with Crippen molar-refractivity contribution in [3.8, 4) is 0 Å². The number of carbonyl (C=O) groups excluding carboxylic acids is 1. The van der Waals surface area contributed by atoms with Crippen LogP contribution in [0.4, 0.5) is 0 Å². The van der Waals surface area contributed by atoms with Gasteiger partial charge in [0.2, 0.25) is 0 Å². The lowest BCUT2D eigenvalue weighted by molar-refractivity contribution is -0.118. The first kappa shape index (κ1) is 16.7. The molecule has 1 saturated carbocycles. The van der Waals surface area contributed by atoms with E-state index in [1.807, 2.05) is 54.6 Å². The van der Waals surface area contributed by atoms with Gasteiger partial charge in [-0.3, -0.25) is 4.79 Å².